The second kappa shape index (κ2) is 8.06. The van der Waals surface area contributed by atoms with E-state index in [1.807, 2.05) is 13.8 Å². The first-order valence-electron chi connectivity index (χ1n) is 8.00. The lowest BCUT2D eigenvalue weighted by atomic mass is 9.91. The van der Waals surface area contributed by atoms with Gasteiger partial charge in [0.05, 0.1) is 0 Å². The van der Waals surface area contributed by atoms with Crippen LogP contribution in [0.4, 0.5) is 4.79 Å². The van der Waals surface area contributed by atoms with E-state index >= 15 is 0 Å². The van der Waals surface area contributed by atoms with Crippen LogP contribution in [0.1, 0.15) is 70.1 Å². The number of rotatable bonds is 8. The van der Waals surface area contributed by atoms with E-state index in [9.17, 15) is 4.79 Å². The highest BCUT2D eigenvalue weighted by molar-refractivity contribution is 5.65. The van der Waals surface area contributed by atoms with Crippen LogP contribution in [-0.2, 0) is 23.2 Å². The predicted molar refractivity (Wildman–Crippen MR) is 87.4 cm³/mol. The Morgan fingerprint density at radius 1 is 1.05 bits per heavy atom. The van der Waals surface area contributed by atoms with Gasteiger partial charge in [0.15, 0.2) is 0 Å². The van der Waals surface area contributed by atoms with Gasteiger partial charge in [-0.2, -0.15) is 0 Å². The molecule has 21 heavy (non-hydrogen) atoms. The molecule has 1 amide bonds. The summed E-state index contributed by atoms with van der Waals surface area (Å²) in [6.45, 7) is 8.17. The Hall–Kier alpha value is -1.51. The van der Waals surface area contributed by atoms with Gasteiger partial charge < -0.3 is 10.5 Å². The molecule has 0 bridgehead atoms. The first kappa shape index (κ1) is 17.5. The molecule has 0 fully saturated rings. The van der Waals surface area contributed by atoms with E-state index in [4.69, 9.17) is 10.5 Å². The van der Waals surface area contributed by atoms with Crippen LogP contribution in [-0.4, -0.2) is 6.09 Å². The van der Waals surface area contributed by atoms with E-state index in [2.05, 4.69) is 32.0 Å². The number of ether oxygens (including phenoxy) is 1. The Morgan fingerprint density at radius 3 is 1.90 bits per heavy atom. The molecule has 0 radical (unpaired) electrons. The second-order valence-electron chi connectivity index (χ2n) is 6.18. The number of hydrogen-bond donors (Lipinski definition) is 1. The molecule has 1 aromatic rings. The zero-order valence-electron chi connectivity index (χ0n) is 13.9. The van der Waals surface area contributed by atoms with Crippen molar-refractivity contribution < 1.29 is 9.53 Å². The van der Waals surface area contributed by atoms with Crippen molar-refractivity contribution in [2.24, 2.45) is 5.73 Å². The number of nitrogens with two attached hydrogens (primary N) is 1. The number of carbonyl (C=O) groups is 1. The van der Waals surface area contributed by atoms with Gasteiger partial charge in [-0.05, 0) is 56.2 Å². The molecule has 0 saturated carbocycles. The predicted octanol–water partition coefficient (Wildman–Crippen LogP) is 4.70. The fraction of sp³-hybridized carbons (Fsp3) is 0.611. The summed E-state index contributed by atoms with van der Waals surface area (Å²) in [5.74, 6) is 0. The number of amides is 1. The summed E-state index contributed by atoms with van der Waals surface area (Å²) in [7, 11) is 0. The molecule has 0 spiro atoms. The number of hydrogen-bond acceptors (Lipinski definition) is 2. The molecule has 2 N–H and O–H groups in total. The summed E-state index contributed by atoms with van der Waals surface area (Å²) in [4.78, 5) is 11.1. The van der Waals surface area contributed by atoms with Crippen molar-refractivity contribution in [2.75, 3.05) is 0 Å². The number of primary amides is 1. The van der Waals surface area contributed by atoms with Crippen LogP contribution in [0.15, 0.2) is 18.2 Å². The van der Waals surface area contributed by atoms with E-state index < -0.39 is 11.7 Å². The van der Waals surface area contributed by atoms with Gasteiger partial charge in [-0.15, -0.1) is 0 Å². The lowest BCUT2D eigenvalue weighted by Gasteiger charge is -2.26. The third kappa shape index (κ3) is 5.78. The van der Waals surface area contributed by atoms with E-state index in [-0.39, 0.29) is 0 Å². The molecule has 0 aromatic heterocycles. The first-order valence-corrected chi connectivity index (χ1v) is 8.00. The van der Waals surface area contributed by atoms with Crippen molar-refractivity contribution in [3.63, 3.8) is 0 Å². The molecule has 1 rings (SSSR count). The highest BCUT2D eigenvalue weighted by Crippen LogP contribution is 2.28. The molecule has 0 atom stereocenters. The lowest BCUT2D eigenvalue weighted by molar-refractivity contribution is 0.0431. The summed E-state index contributed by atoms with van der Waals surface area (Å²) >= 11 is 0. The minimum atomic E-state index is -0.728. The van der Waals surface area contributed by atoms with Crippen LogP contribution in [0, 0.1) is 0 Å². The topological polar surface area (TPSA) is 52.3 Å². The molecule has 0 saturated heterocycles. The Kier molecular flexibility index (Phi) is 6.73. The van der Waals surface area contributed by atoms with Gasteiger partial charge in [-0.1, -0.05) is 44.9 Å². The maximum absolute atomic E-state index is 11.1. The summed E-state index contributed by atoms with van der Waals surface area (Å²) in [5, 5.41) is 0. The maximum atomic E-state index is 11.1. The number of benzene rings is 1. The molecular weight excluding hydrogens is 262 g/mol. The minimum absolute atomic E-state index is 0.685. The van der Waals surface area contributed by atoms with E-state index in [0.29, 0.717) is 0 Å². The smallest absolute Gasteiger partial charge is 0.405 e. The van der Waals surface area contributed by atoms with Crippen molar-refractivity contribution in [2.45, 2.75) is 71.8 Å². The number of aryl methyl sites for hydroxylation is 2. The molecular formula is C18H29NO2. The Labute approximate surface area is 128 Å². The number of carbonyl (C=O) groups excluding carboxylic acids is 1. The van der Waals surface area contributed by atoms with E-state index in [1.165, 1.54) is 36.8 Å². The standard InChI is InChI=1S/C18H29NO2/c1-5-7-9-14-11-15(10-8-6-2)13-16(12-14)18(3,4)21-17(19)20/h11-13H,5-10H2,1-4H3,(H2,19,20). The molecule has 0 aliphatic heterocycles. The molecule has 0 heterocycles. The van der Waals surface area contributed by atoms with Crippen molar-refractivity contribution in [3.05, 3.63) is 34.9 Å². The second-order valence-corrected chi connectivity index (χ2v) is 6.18. The zero-order chi connectivity index (χ0) is 15.9. The van der Waals surface area contributed by atoms with Gasteiger partial charge in [0, 0.05) is 0 Å². The third-order valence-electron chi connectivity index (χ3n) is 3.74. The SMILES string of the molecule is CCCCc1cc(CCCC)cc(C(C)(C)OC(N)=O)c1. The molecule has 0 aliphatic rings. The fourth-order valence-corrected chi connectivity index (χ4v) is 2.47. The maximum Gasteiger partial charge on any atom is 0.405 e. The van der Waals surface area contributed by atoms with Crippen molar-refractivity contribution in [3.8, 4) is 0 Å². The average molecular weight is 291 g/mol. The largest absolute Gasteiger partial charge is 0.439 e. The van der Waals surface area contributed by atoms with Crippen LogP contribution in [0.25, 0.3) is 0 Å². The van der Waals surface area contributed by atoms with Gasteiger partial charge >= 0.3 is 6.09 Å². The van der Waals surface area contributed by atoms with Crippen molar-refractivity contribution in [1.82, 2.24) is 0 Å². The zero-order valence-corrected chi connectivity index (χ0v) is 13.9. The Balaban J connectivity index is 3.07. The van der Waals surface area contributed by atoms with Crippen LogP contribution >= 0.6 is 0 Å². The monoisotopic (exact) mass is 291 g/mol. The highest BCUT2D eigenvalue weighted by Gasteiger charge is 2.25. The van der Waals surface area contributed by atoms with Gasteiger partial charge in [0.25, 0.3) is 0 Å². The Bertz CT molecular complexity index is 440. The minimum Gasteiger partial charge on any atom is -0.439 e. The number of unbranched alkanes of at least 4 members (excludes halogenated alkanes) is 2. The van der Waals surface area contributed by atoms with E-state index in [0.717, 1.165) is 18.4 Å². The lowest BCUT2D eigenvalue weighted by Crippen LogP contribution is -2.29. The van der Waals surface area contributed by atoms with Gasteiger partial charge in [0.1, 0.15) is 5.60 Å². The molecule has 0 aliphatic carbocycles. The van der Waals surface area contributed by atoms with Crippen molar-refractivity contribution >= 4 is 6.09 Å². The summed E-state index contributed by atoms with van der Waals surface area (Å²) in [5.41, 5.74) is 8.18. The summed E-state index contributed by atoms with van der Waals surface area (Å²) in [6.07, 6.45) is 6.10. The molecule has 0 unspecified atom stereocenters. The van der Waals surface area contributed by atoms with Crippen molar-refractivity contribution in [1.29, 1.82) is 0 Å². The molecule has 3 nitrogen and oxygen atoms in total. The third-order valence-corrected chi connectivity index (χ3v) is 3.74. The Morgan fingerprint density at radius 2 is 1.52 bits per heavy atom. The van der Waals surface area contributed by atoms with E-state index in [1.54, 1.807) is 0 Å². The average Bonchev–Trinajstić information content (AvgIpc) is 2.41. The van der Waals surface area contributed by atoms with Crippen LogP contribution in [0.5, 0.6) is 0 Å². The quantitative estimate of drug-likeness (QED) is 0.754. The summed E-state index contributed by atoms with van der Waals surface area (Å²) in [6, 6.07) is 6.58. The summed E-state index contributed by atoms with van der Waals surface area (Å²) < 4.78 is 5.28. The van der Waals surface area contributed by atoms with Gasteiger partial charge in [-0.25, -0.2) is 4.79 Å². The molecule has 3 heteroatoms. The normalized spacial score (nSPS) is 11.4. The molecule has 118 valence electrons. The fourth-order valence-electron chi connectivity index (χ4n) is 2.47. The first-order chi connectivity index (χ1) is 9.89. The van der Waals surface area contributed by atoms with Crippen LogP contribution in [0.2, 0.25) is 0 Å². The highest BCUT2D eigenvalue weighted by atomic mass is 16.6. The molecule has 1 aromatic carbocycles. The van der Waals surface area contributed by atoms with Crippen LogP contribution in [0.3, 0.4) is 0 Å². The van der Waals surface area contributed by atoms with Crippen LogP contribution < -0.4 is 5.73 Å². The van der Waals surface area contributed by atoms with Gasteiger partial charge in [-0.3, -0.25) is 0 Å². The van der Waals surface area contributed by atoms with Gasteiger partial charge in [0.2, 0.25) is 0 Å².